The van der Waals surface area contributed by atoms with Crippen LogP contribution in [0.25, 0.3) is 0 Å². The van der Waals surface area contributed by atoms with E-state index in [1.165, 1.54) is 0 Å². The summed E-state index contributed by atoms with van der Waals surface area (Å²) in [6, 6.07) is 0. The van der Waals surface area contributed by atoms with Crippen LogP contribution < -0.4 is 5.11 Å². The molecular weight excluding hydrogens is 112 g/mol. The van der Waals surface area contributed by atoms with Crippen molar-refractivity contribution in [3.8, 4) is 0 Å². The molecule has 0 rings (SSSR count). The second kappa shape index (κ2) is 4.19. The van der Waals surface area contributed by atoms with Gasteiger partial charge in [-0.25, -0.2) is 0 Å². The molecule has 9 heavy (non-hydrogen) atoms. The SMILES string of the molecule is C/C([O-])=C/C=C/C(C)C. The van der Waals surface area contributed by atoms with Gasteiger partial charge in [-0.05, 0) is 5.92 Å². The lowest BCUT2D eigenvalue weighted by atomic mass is 10.2. The van der Waals surface area contributed by atoms with Crippen molar-refractivity contribution in [3.63, 3.8) is 0 Å². The minimum Gasteiger partial charge on any atom is -0.876 e. The van der Waals surface area contributed by atoms with Gasteiger partial charge in [-0.2, -0.15) is 0 Å². The molecule has 0 unspecified atom stereocenters. The van der Waals surface area contributed by atoms with E-state index in [1.54, 1.807) is 19.1 Å². The summed E-state index contributed by atoms with van der Waals surface area (Å²) in [4.78, 5) is 0. The minimum absolute atomic E-state index is 0.104. The lowest BCUT2D eigenvalue weighted by molar-refractivity contribution is -0.301. The molecule has 0 aliphatic heterocycles. The molecule has 0 aromatic carbocycles. The second-order valence-corrected chi connectivity index (χ2v) is 2.41. The molecular formula is C8H13O-. The standard InChI is InChI=1S/C8H14O/c1-7(2)5-4-6-8(3)9/h4-7,9H,1-3H3/p-1/b5-4+,8-6-. The maximum atomic E-state index is 10.3. The predicted molar refractivity (Wildman–Crippen MR) is 37.7 cm³/mol. The Hall–Kier alpha value is -0.720. The van der Waals surface area contributed by atoms with Crippen molar-refractivity contribution in [2.75, 3.05) is 0 Å². The summed E-state index contributed by atoms with van der Waals surface area (Å²) in [5.74, 6) is 0.632. The Morgan fingerprint density at radius 2 is 2.00 bits per heavy atom. The van der Waals surface area contributed by atoms with E-state index in [1.807, 2.05) is 6.08 Å². The zero-order valence-corrected chi connectivity index (χ0v) is 6.22. The lowest BCUT2D eigenvalue weighted by Crippen LogP contribution is -1.96. The molecule has 0 N–H and O–H groups in total. The minimum atomic E-state index is 0.104. The van der Waals surface area contributed by atoms with Crippen LogP contribution in [0.1, 0.15) is 20.8 Å². The molecule has 0 saturated heterocycles. The summed E-state index contributed by atoms with van der Waals surface area (Å²) in [5, 5.41) is 10.3. The van der Waals surface area contributed by atoms with Gasteiger partial charge >= 0.3 is 0 Å². The quantitative estimate of drug-likeness (QED) is 0.405. The van der Waals surface area contributed by atoms with Crippen molar-refractivity contribution in [1.29, 1.82) is 0 Å². The zero-order chi connectivity index (χ0) is 7.28. The van der Waals surface area contributed by atoms with Crippen molar-refractivity contribution in [2.24, 2.45) is 5.92 Å². The Kier molecular flexibility index (Phi) is 3.85. The molecule has 0 aromatic rings. The van der Waals surface area contributed by atoms with E-state index < -0.39 is 0 Å². The van der Waals surface area contributed by atoms with Gasteiger partial charge in [-0.15, -0.1) is 5.76 Å². The van der Waals surface area contributed by atoms with E-state index in [-0.39, 0.29) is 5.76 Å². The van der Waals surface area contributed by atoms with Gasteiger partial charge in [0.25, 0.3) is 0 Å². The molecule has 0 radical (unpaired) electrons. The summed E-state index contributed by atoms with van der Waals surface area (Å²) >= 11 is 0. The normalized spacial score (nSPS) is 13.6. The fourth-order valence-electron chi connectivity index (χ4n) is 0.413. The third-order valence-electron chi connectivity index (χ3n) is 0.827. The molecule has 0 saturated carbocycles. The molecule has 1 heteroatoms. The highest BCUT2D eigenvalue weighted by atomic mass is 16.3. The molecule has 0 atom stereocenters. The van der Waals surface area contributed by atoms with Gasteiger partial charge in [0.15, 0.2) is 0 Å². The van der Waals surface area contributed by atoms with Crippen LogP contribution in [0, 0.1) is 5.92 Å². The molecule has 0 aromatic heterocycles. The summed E-state index contributed by atoms with van der Waals surface area (Å²) in [7, 11) is 0. The van der Waals surface area contributed by atoms with E-state index in [0.29, 0.717) is 5.92 Å². The van der Waals surface area contributed by atoms with E-state index in [2.05, 4.69) is 13.8 Å². The lowest BCUT2D eigenvalue weighted by Gasteiger charge is -1.99. The first-order valence-corrected chi connectivity index (χ1v) is 3.15. The largest absolute Gasteiger partial charge is 0.876 e. The maximum Gasteiger partial charge on any atom is -0.0287 e. The predicted octanol–water partition coefficient (Wildman–Crippen LogP) is 1.46. The van der Waals surface area contributed by atoms with Gasteiger partial charge in [-0.1, -0.05) is 39.0 Å². The average Bonchev–Trinajstić information content (AvgIpc) is 1.63. The summed E-state index contributed by atoms with van der Waals surface area (Å²) in [5.41, 5.74) is 0. The van der Waals surface area contributed by atoms with Crippen molar-refractivity contribution in [2.45, 2.75) is 20.8 Å². The number of hydrogen-bond acceptors (Lipinski definition) is 1. The molecule has 0 bridgehead atoms. The summed E-state index contributed by atoms with van der Waals surface area (Å²) in [6.45, 7) is 5.69. The van der Waals surface area contributed by atoms with E-state index in [9.17, 15) is 5.11 Å². The number of hydrogen-bond donors (Lipinski definition) is 0. The second-order valence-electron chi connectivity index (χ2n) is 2.41. The summed E-state index contributed by atoms with van der Waals surface area (Å²) < 4.78 is 0. The third kappa shape index (κ3) is 7.28. The monoisotopic (exact) mass is 125 g/mol. The van der Waals surface area contributed by atoms with E-state index in [4.69, 9.17) is 0 Å². The van der Waals surface area contributed by atoms with Crippen molar-refractivity contribution in [1.82, 2.24) is 0 Å². The highest BCUT2D eigenvalue weighted by molar-refractivity contribution is 5.04. The molecule has 0 aliphatic carbocycles. The van der Waals surface area contributed by atoms with Crippen molar-refractivity contribution < 1.29 is 5.11 Å². The fraction of sp³-hybridized carbons (Fsp3) is 0.500. The smallest absolute Gasteiger partial charge is 0.0287 e. The average molecular weight is 125 g/mol. The van der Waals surface area contributed by atoms with Crippen LogP contribution >= 0.6 is 0 Å². The third-order valence-corrected chi connectivity index (χ3v) is 0.827. The van der Waals surface area contributed by atoms with Crippen LogP contribution in [0.5, 0.6) is 0 Å². The zero-order valence-electron chi connectivity index (χ0n) is 6.22. The van der Waals surface area contributed by atoms with Gasteiger partial charge in [0, 0.05) is 0 Å². The topological polar surface area (TPSA) is 23.1 Å². The molecule has 0 spiro atoms. The van der Waals surface area contributed by atoms with Crippen LogP contribution in [0.3, 0.4) is 0 Å². The van der Waals surface area contributed by atoms with Gasteiger partial charge in [-0.3, -0.25) is 0 Å². The highest BCUT2D eigenvalue weighted by Gasteiger charge is 1.78. The van der Waals surface area contributed by atoms with Gasteiger partial charge in [0.1, 0.15) is 0 Å². The number of rotatable bonds is 2. The number of allylic oxidation sites excluding steroid dienone is 4. The molecule has 0 heterocycles. The van der Waals surface area contributed by atoms with Crippen molar-refractivity contribution >= 4 is 0 Å². The van der Waals surface area contributed by atoms with Crippen LogP contribution in [-0.2, 0) is 0 Å². The molecule has 0 fully saturated rings. The summed E-state index contributed by atoms with van der Waals surface area (Å²) in [6.07, 6.45) is 5.36. The Morgan fingerprint density at radius 3 is 2.33 bits per heavy atom. The van der Waals surface area contributed by atoms with Crippen LogP contribution in [0.2, 0.25) is 0 Å². The Morgan fingerprint density at radius 1 is 1.44 bits per heavy atom. The Labute approximate surface area is 56.7 Å². The van der Waals surface area contributed by atoms with Crippen LogP contribution in [0.15, 0.2) is 24.0 Å². The van der Waals surface area contributed by atoms with Gasteiger partial charge < -0.3 is 5.11 Å². The maximum absolute atomic E-state index is 10.3. The van der Waals surface area contributed by atoms with Gasteiger partial charge in [0.05, 0.1) is 0 Å². The molecule has 1 nitrogen and oxygen atoms in total. The van der Waals surface area contributed by atoms with E-state index >= 15 is 0 Å². The van der Waals surface area contributed by atoms with Crippen LogP contribution in [-0.4, -0.2) is 0 Å². The first-order chi connectivity index (χ1) is 4.13. The first kappa shape index (κ1) is 8.28. The van der Waals surface area contributed by atoms with Crippen molar-refractivity contribution in [3.05, 3.63) is 24.0 Å². The molecule has 52 valence electrons. The first-order valence-electron chi connectivity index (χ1n) is 3.15. The van der Waals surface area contributed by atoms with Crippen LogP contribution in [0.4, 0.5) is 0 Å². The fourth-order valence-corrected chi connectivity index (χ4v) is 0.413. The van der Waals surface area contributed by atoms with E-state index in [0.717, 1.165) is 0 Å². The molecule has 0 aliphatic rings. The van der Waals surface area contributed by atoms with Gasteiger partial charge in [0.2, 0.25) is 0 Å². The molecule has 0 amide bonds. The highest BCUT2D eigenvalue weighted by Crippen LogP contribution is 1.93. The Bertz CT molecular complexity index is 117. The Balaban J connectivity index is 3.60.